The molecule has 0 fully saturated rings. The van der Waals surface area contributed by atoms with Crippen molar-refractivity contribution >= 4 is 5.97 Å². The summed E-state index contributed by atoms with van der Waals surface area (Å²) in [6, 6.07) is 0. The zero-order chi connectivity index (χ0) is 8.69. The molecule has 0 saturated heterocycles. The van der Waals surface area contributed by atoms with Gasteiger partial charge in [-0.3, -0.25) is 0 Å². The summed E-state index contributed by atoms with van der Waals surface area (Å²) in [5.41, 5.74) is 0.446. The lowest BCUT2D eigenvalue weighted by atomic mass is 10.4. The highest BCUT2D eigenvalue weighted by Crippen LogP contribution is 1.90. The lowest BCUT2D eigenvalue weighted by molar-refractivity contribution is -0.138. The molecule has 0 aromatic heterocycles. The summed E-state index contributed by atoms with van der Waals surface area (Å²) in [5, 5.41) is 3.04. The summed E-state index contributed by atoms with van der Waals surface area (Å²) in [6.45, 7) is 9.11. The van der Waals surface area contributed by atoms with Crippen molar-refractivity contribution in [1.29, 1.82) is 0 Å². The Morgan fingerprint density at radius 3 is 2.82 bits per heavy atom. The number of likely N-dealkylation sites (N-methyl/N-ethyl adjacent to an activating group) is 1. The molecule has 0 rings (SSSR count). The van der Waals surface area contributed by atoms with Crippen molar-refractivity contribution in [2.45, 2.75) is 13.8 Å². The van der Waals surface area contributed by atoms with E-state index in [1.165, 1.54) is 0 Å². The second-order valence-electron chi connectivity index (χ2n) is 2.27. The van der Waals surface area contributed by atoms with Crippen LogP contribution in [0.25, 0.3) is 0 Å². The molecule has 66 valence electrons. The quantitative estimate of drug-likeness (QED) is 0.369. The van der Waals surface area contributed by atoms with Crippen LogP contribution < -0.4 is 5.32 Å². The van der Waals surface area contributed by atoms with Gasteiger partial charge in [0.05, 0.1) is 0 Å². The summed E-state index contributed by atoms with van der Waals surface area (Å²) in [7, 11) is 0. The van der Waals surface area contributed by atoms with Gasteiger partial charge in [-0.15, -0.1) is 0 Å². The molecule has 0 aromatic rings. The van der Waals surface area contributed by atoms with E-state index in [2.05, 4.69) is 11.9 Å². The van der Waals surface area contributed by atoms with Crippen LogP contribution in [0.1, 0.15) is 15.3 Å². The first kappa shape index (κ1) is 10.2. The van der Waals surface area contributed by atoms with E-state index in [0.29, 0.717) is 18.7 Å². The average molecular weight is 159 g/mol. The number of nitrogens with one attached hydrogen (secondary N) is 1. The van der Waals surface area contributed by atoms with Crippen LogP contribution in [0.2, 0.25) is 0 Å². The minimum absolute atomic E-state index is 0. The first-order chi connectivity index (χ1) is 5.18. The van der Waals surface area contributed by atoms with Gasteiger partial charge in [0, 0.05) is 13.5 Å². The SMILES string of the molecule is C=C(C)C(=O)OCCNCC.[HH]. The maximum Gasteiger partial charge on any atom is 0.333 e. The molecular formula is C8H17NO2. The molecule has 0 aliphatic rings. The zero-order valence-corrected chi connectivity index (χ0v) is 7.14. The molecule has 0 aromatic carbocycles. The van der Waals surface area contributed by atoms with Gasteiger partial charge in [-0.2, -0.15) is 0 Å². The number of esters is 1. The molecule has 1 N–H and O–H groups in total. The Bertz CT molecular complexity index is 148. The highest BCUT2D eigenvalue weighted by Gasteiger charge is 2.00. The smallest absolute Gasteiger partial charge is 0.333 e. The van der Waals surface area contributed by atoms with Crippen LogP contribution in [0.4, 0.5) is 0 Å². The van der Waals surface area contributed by atoms with Crippen molar-refractivity contribution in [2.75, 3.05) is 19.7 Å². The van der Waals surface area contributed by atoms with Crippen molar-refractivity contribution in [2.24, 2.45) is 0 Å². The Balaban J connectivity index is 0. The predicted octanol–water partition coefficient (Wildman–Crippen LogP) is 0.961. The van der Waals surface area contributed by atoms with Crippen molar-refractivity contribution in [3.63, 3.8) is 0 Å². The van der Waals surface area contributed by atoms with E-state index >= 15 is 0 Å². The Morgan fingerprint density at radius 1 is 1.73 bits per heavy atom. The van der Waals surface area contributed by atoms with Crippen LogP contribution in [0, 0.1) is 0 Å². The number of carbonyl (C=O) groups is 1. The topological polar surface area (TPSA) is 38.3 Å². The lowest BCUT2D eigenvalue weighted by Gasteiger charge is -2.03. The fourth-order valence-corrected chi connectivity index (χ4v) is 0.516. The van der Waals surface area contributed by atoms with E-state index in [4.69, 9.17) is 4.74 Å². The second-order valence-corrected chi connectivity index (χ2v) is 2.27. The standard InChI is InChI=1S/C8H15NO2.H2/c1-4-9-5-6-11-8(10)7(2)3;/h9H,2,4-6H2,1,3H3;1H. The van der Waals surface area contributed by atoms with Crippen LogP contribution in [0.15, 0.2) is 12.2 Å². The number of hydrogen-bond donors (Lipinski definition) is 1. The van der Waals surface area contributed by atoms with Crippen molar-refractivity contribution < 1.29 is 11.0 Å². The minimum Gasteiger partial charge on any atom is -0.461 e. The van der Waals surface area contributed by atoms with Gasteiger partial charge in [0.25, 0.3) is 0 Å². The van der Waals surface area contributed by atoms with Gasteiger partial charge in [0.1, 0.15) is 6.61 Å². The predicted molar refractivity (Wildman–Crippen MR) is 46.4 cm³/mol. The monoisotopic (exact) mass is 159 g/mol. The maximum absolute atomic E-state index is 10.8. The first-order valence-corrected chi connectivity index (χ1v) is 3.71. The third-order valence-electron chi connectivity index (χ3n) is 1.11. The van der Waals surface area contributed by atoms with E-state index < -0.39 is 0 Å². The lowest BCUT2D eigenvalue weighted by Crippen LogP contribution is -2.20. The molecule has 0 unspecified atom stereocenters. The van der Waals surface area contributed by atoms with Crippen molar-refractivity contribution in [1.82, 2.24) is 5.32 Å². The number of ether oxygens (including phenoxy) is 1. The van der Waals surface area contributed by atoms with E-state index in [9.17, 15) is 4.79 Å². The molecule has 0 amide bonds. The van der Waals surface area contributed by atoms with Gasteiger partial charge in [-0.25, -0.2) is 4.79 Å². The van der Waals surface area contributed by atoms with E-state index in [-0.39, 0.29) is 7.40 Å². The molecule has 11 heavy (non-hydrogen) atoms. The fraction of sp³-hybridized carbons (Fsp3) is 0.625. The Labute approximate surface area is 68.9 Å². The molecule has 3 nitrogen and oxygen atoms in total. The molecule has 0 saturated carbocycles. The fourth-order valence-electron chi connectivity index (χ4n) is 0.516. The van der Waals surface area contributed by atoms with Gasteiger partial charge < -0.3 is 10.1 Å². The molecular weight excluding hydrogens is 142 g/mol. The summed E-state index contributed by atoms with van der Waals surface area (Å²) in [6.07, 6.45) is 0. The van der Waals surface area contributed by atoms with Crippen LogP contribution in [0.5, 0.6) is 0 Å². The first-order valence-electron chi connectivity index (χ1n) is 3.71. The van der Waals surface area contributed by atoms with Gasteiger partial charge in [0.2, 0.25) is 0 Å². The molecule has 0 heterocycles. The van der Waals surface area contributed by atoms with Gasteiger partial charge in [-0.05, 0) is 13.5 Å². The normalized spacial score (nSPS) is 9.27. The Kier molecular flexibility index (Phi) is 5.47. The van der Waals surface area contributed by atoms with E-state index in [1.54, 1.807) is 6.92 Å². The highest BCUT2D eigenvalue weighted by molar-refractivity contribution is 5.86. The summed E-state index contributed by atoms with van der Waals surface area (Å²) in [5.74, 6) is -0.317. The summed E-state index contributed by atoms with van der Waals surface area (Å²) < 4.78 is 4.80. The molecule has 0 aliphatic heterocycles. The Hall–Kier alpha value is -0.830. The number of hydrogen-bond acceptors (Lipinski definition) is 3. The highest BCUT2D eigenvalue weighted by atomic mass is 16.5. The average Bonchev–Trinajstić information content (AvgIpc) is 1.97. The second kappa shape index (κ2) is 5.92. The third-order valence-corrected chi connectivity index (χ3v) is 1.11. The molecule has 3 heteroatoms. The molecule has 0 spiro atoms. The van der Waals surface area contributed by atoms with Gasteiger partial charge >= 0.3 is 5.97 Å². The molecule has 0 bridgehead atoms. The number of carbonyl (C=O) groups excluding carboxylic acids is 1. The summed E-state index contributed by atoms with van der Waals surface area (Å²) >= 11 is 0. The Morgan fingerprint density at radius 2 is 2.36 bits per heavy atom. The van der Waals surface area contributed by atoms with E-state index in [1.807, 2.05) is 6.92 Å². The molecule has 0 aliphatic carbocycles. The van der Waals surface area contributed by atoms with Crippen molar-refractivity contribution in [3.8, 4) is 0 Å². The van der Waals surface area contributed by atoms with Crippen LogP contribution in [-0.2, 0) is 9.53 Å². The van der Waals surface area contributed by atoms with Gasteiger partial charge in [-0.1, -0.05) is 13.5 Å². The maximum atomic E-state index is 10.8. The van der Waals surface area contributed by atoms with Crippen LogP contribution >= 0.6 is 0 Å². The summed E-state index contributed by atoms with van der Waals surface area (Å²) in [4.78, 5) is 10.8. The van der Waals surface area contributed by atoms with Crippen molar-refractivity contribution in [3.05, 3.63) is 12.2 Å². The van der Waals surface area contributed by atoms with E-state index in [0.717, 1.165) is 6.54 Å². The number of rotatable bonds is 5. The van der Waals surface area contributed by atoms with Gasteiger partial charge in [0.15, 0.2) is 0 Å². The molecule has 0 atom stereocenters. The largest absolute Gasteiger partial charge is 0.461 e. The van der Waals surface area contributed by atoms with Crippen LogP contribution in [0.3, 0.4) is 0 Å². The third kappa shape index (κ3) is 5.61. The minimum atomic E-state index is -0.317. The molecule has 0 radical (unpaired) electrons. The zero-order valence-electron chi connectivity index (χ0n) is 7.14. The van der Waals surface area contributed by atoms with Crippen LogP contribution in [-0.4, -0.2) is 25.7 Å².